The standard InChI is InChI=1S/C17H23N3O3S2.CH2O2/c1-3-13(2)20-25(22,23)16-8-6-14(7-9-16)19-17(21)12-18-11-15-5-4-10-24-15;2-1-3/h4-10,13,18,20H,3,11-12H2,1-2H3,(H,19,21);1H,(H,2,3). The molecule has 0 saturated carbocycles. The van der Waals surface area contributed by atoms with E-state index < -0.39 is 10.0 Å². The number of thiophene rings is 1. The van der Waals surface area contributed by atoms with Crippen LogP contribution in [0.25, 0.3) is 0 Å². The summed E-state index contributed by atoms with van der Waals surface area (Å²) in [7, 11) is -3.53. The minimum absolute atomic E-state index is 0.126. The van der Waals surface area contributed by atoms with Crippen LogP contribution >= 0.6 is 11.3 Å². The van der Waals surface area contributed by atoms with E-state index in [2.05, 4.69) is 15.4 Å². The first-order chi connectivity index (χ1) is 13.3. The van der Waals surface area contributed by atoms with Crippen LogP contribution in [0.2, 0.25) is 0 Å². The molecular weight excluding hydrogens is 402 g/mol. The summed E-state index contributed by atoms with van der Waals surface area (Å²) in [6.45, 7) is 4.31. The first-order valence-electron chi connectivity index (χ1n) is 8.55. The molecule has 0 spiro atoms. The number of anilines is 1. The number of rotatable bonds is 9. The van der Waals surface area contributed by atoms with Crippen LogP contribution in [0.4, 0.5) is 5.69 Å². The lowest BCUT2D eigenvalue weighted by molar-refractivity contribution is -0.123. The highest BCUT2D eigenvalue weighted by molar-refractivity contribution is 7.89. The van der Waals surface area contributed by atoms with Gasteiger partial charge in [-0.2, -0.15) is 0 Å². The normalized spacial score (nSPS) is 11.8. The van der Waals surface area contributed by atoms with Gasteiger partial charge in [0, 0.05) is 23.2 Å². The molecule has 0 saturated heterocycles. The predicted octanol–water partition coefficient (Wildman–Crippen LogP) is 2.25. The Morgan fingerprint density at radius 3 is 2.43 bits per heavy atom. The van der Waals surface area contributed by atoms with Gasteiger partial charge >= 0.3 is 0 Å². The van der Waals surface area contributed by atoms with Crippen molar-refractivity contribution in [3.8, 4) is 0 Å². The maximum Gasteiger partial charge on any atom is 0.290 e. The second-order valence-corrected chi connectivity index (χ2v) is 8.54. The number of amides is 1. The van der Waals surface area contributed by atoms with Crippen molar-refractivity contribution < 1.29 is 23.1 Å². The van der Waals surface area contributed by atoms with E-state index >= 15 is 0 Å². The molecule has 1 atom stereocenters. The van der Waals surface area contributed by atoms with Crippen molar-refractivity contribution in [3.05, 3.63) is 46.7 Å². The van der Waals surface area contributed by atoms with Crippen LogP contribution in [-0.4, -0.2) is 38.5 Å². The Labute approximate surface area is 169 Å². The maximum absolute atomic E-state index is 12.2. The van der Waals surface area contributed by atoms with Crippen LogP contribution in [0, 0.1) is 0 Å². The minimum atomic E-state index is -3.53. The molecule has 10 heteroatoms. The first-order valence-corrected chi connectivity index (χ1v) is 10.9. The average molecular weight is 428 g/mol. The van der Waals surface area contributed by atoms with Gasteiger partial charge in [0.1, 0.15) is 0 Å². The van der Waals surface area contributed by atoms with E-state index in [1.54, 1.807) is 23.5 Å². The number of hydrogen-bond donors (Lipinski definition) is 4. The van der Waals surface area contributed by atoms with Gasteiger partial charge in [0.2, 0.25) is 15.9 Å². The number of carbonyl (C=O) groups excluding carboxylic acids is 1. The minimum Gasteiger partial charge on any atom is -0.483 e. The van der Waals surface area contributed by atoms with Gasteiger partial charge in [-0.15, -0.1) is 11.3 Å². The number of carboxylic acid groups (broad SMARTS) is 1. The molecule has 154 valence electrons. The summed E-state index contributed by atoms with van der Waals surface area (Å²) in [5.41, 5.74) is 0.561. The van der Waals surface area contributed by atoms with Crippen molar-refractivity contribution in [1.29, 1.82) is 0 Å². The van der Waals surface area contributed by atoms with E-state index in [0.29, 0.717) is 18.7 Å². The smallest absolute Gasteiger partial charge is 0.290 e. The van der Waals surface area contributed by atoms with Gasteiger partial charge in [-0.3, -0.25) is 9.59 Å². The van der Waals surface area contributed by atoms with Crippen LogP contribution in [0.3, 0.4) is 0 Å². The molecule has 1 aromatic carbocycles. The third kappa shape index (κ3) is 8.61. The number of sulfonamides is 1. The molecule has 0 bridgehead atoms. The highest BCUT2D eigenvalue weighted by Gasteiger charge is 2.16. The molecule has 0 aliphatic heterocycles. The van der Waals surface area contributed by atoms with Crippen molar-refractivity contribution in [2.24, 2.45) is 0 Å². The zero-order valence-corrected chi connectivity index (χ0v) is 17.3. The molecule has 0 radical (unpaired) electrons. The van der Waals surface area contributed by atoms with Crippen molar-refractivity contribution in [2.45, 2.75) is 37.8 Å². The molecule has 1 amide bonds. The fraction of sp³-hybridized carbons (Fsp3) is 0.333. The summed E-state index contributed by atoms with van der Waals surface area (Å²) in [5.74, 6) is -0.176. The van der Waals surface area contributed by atoms with Crippen molar-refractivity contribution in [3.63, 3.8) is 0 Å². The van der Waals surface area contributed by atoms with Crippen molar-refractivity contribution in [2.75, 3.05) is 11.9 Å². The Morgan fingerprint density at radius 2 is 1.89 bits per heavy atom. The van der Waals surface area contributed by atoms with Gasteiger partial charge < -0.3 is 15.7 Å². The van der Waals surface area contributed by atoms with Crippen molar-refractivity contribution >= 4 is 39.4 Å². The summed E-state index contributed by atoms with van der Waals surface area (Å²) < 4.78 is 27.0. The molecule has 0 fully saturated rings. The number of carbonyl (C=O) groups is 2. The summed E-state index contributed by atoms with van der Waals surface area (Å²) in [6.07, 6.45) is 0.714. The topological polar surface area (TPSA) is 125 Å². The van der Waals surface area contributed by atoms with Crippen LogP contribution in [0.15, 0.2) is 46.7 Å². The molecule has 2 rings (SSSR count). The Hall–Kier alpha value is -2.27. The molecule has 8 nitrogen and oxygen atoms in total. The Kier molecular flexibility index (Phi) is 10.4. The van der Waals surface area contributed by atoms with Crippen LogP contribution in [0.1, 0.15) is 25.1 Å². The van der Waals surface area contributed by atoms with E-state index in [-0.39, 0.29) is 29.9 Å². The molecule has 1 aromatic heterocycles. The fourth-order valence-corrected chi connectivity index (χ4v) is 4.05. The summed E-state index contributed by atoms with van der Waals surface area (Å²) in [4.78, 5) is 21.6. The Bertz CT molecular complexity index is 821. The molecule has 4 N–H and O–H groups in total. The largest absolute Gasteiger partial charge is 0.483 e. The SMILES string of the molecule is CCC(C)NS(=O)(=O)c1ccc(NC(=O)CNCc2cccs2)cc1.O=CO. The van der Waals surface area contributed by atoms with Crippen LogP contribution < -0.4 is 15.4 Å². The van der Waals surface area contributed by atoms with Crippen LogP contribution in [0.5, 0.6) is 0 Å². The third-order valence-electron chi connectivity index (χ3n) is 3.58. The van der Waals surface area contributed by atoms with Crippen molar-refractivity contribution in [1.82, 2.24) is 10.0 Å². The second-order valence-electron chi connectivity index (χ2n) is 5.79. The lowest BCUT2D eigenvalue weighted by Gasteiger charge is -2.12. The first kappa shape index (κ1) is 23.8. The Balaban J connectivity index is 0.00000122. The zero-order valence-electron chi connectivity index (χ0n) is 15.7. The van der Waals surface area contributed by atoms with Gasteiger partial charge in [-0.25, -0.2) is 13.1 Å². The van der Waals surface area contributed by atoms with E-state index in [0.717, 1.165) is 4.88 Å². The Morgan fingerprint density at radius 1 is 1.25 bits per heavy atom. The third-order valence-corrected chi connectivity index (χ3v) is 6.06. The molecule has 1 heterocycles. The molecule has 2 aromatic rings. The summed E-state index contributed by atoms with van der Waals surface area (Å²) >= 11 is 1.63. The molecule has 28 heavy (non-hydrogen) atoms. The van der Waals surface area contributed by atoms with Gasteiger partial charge in [0.25, 0.3) is 6.47 Å². The van der Waals surface area contributed by atoms with E-state index in [1.165, 1.54) is 12.1 Å². The quantitative estimate of drug-likeness (QED) is 0.455. The summed E-state index contributed by atoms with van der Waals surface area (Å²) in [6, 6.07) is 9.98. The van der Waals surface area contributed by atoms with E-state index in [4.69, 9.17) is 9.90 Å². The lowest BCUT2D eigenvalue weighted by Crippen LogP contribution is -2.32. The number of nitrogens with one attached hydrogen (secondary N) is 3. The monoisotopic (exact) mass is 427 g/mol. The molecular formula is C18H25N3O5S2. The second kappa shape index (κ2) is 12.2. The summed E-state index contributed by atoms with van der Waals surface area (Å²) in [5, 5.41) is 14.7. The highest BCUT2D eigenvalue weighted by Crippen LogP contribution is 2.14. The maximum atomic E-state index is 12.2. The van der Waals surface area contributed by atoms with E-state index in [1.807, 2.05) is 31.4 Å². The zero-order chi connectivity index (χ0) is 21.0. The number of hydrogen-bond acceptors (Lipinski definition) is 6. The average Bonchev–Trinajstić information content (AvgIpc) is 3.16. The lowest BCUT2D eigenvalue weighted by atomic mass is 10.3. The van der Waals surface area contributed by atoms with Gasteiger partial charge in [-0.1, -0.05) is 13.0 Å². The molecule has 0 aliphatic rings. The van der Waals surface area contributed by atoms with Crippen LogP contribution in [-0.2, 0) is 26.2 Å². The van der Waals surface area contributed by atoms with Gasteiger partial charge in [-0.05, 0) is 49.1 Å². The van der Waals surface area contributed by atoms with Gasteiger partial charge in [0.15, 0.2) is 0 Å². The molecule has 1 unspecified atom stereocenters. The fourth-order valence-electron chi connectivity index (χ4n) is 2.05. The highest BCUT2D eigenvalue weighted by atomic mass is 32.2. The molecule has 0 aliphatic carbocycles. The number of benzene rings is 1. The van der Waals surface area contributed by atoms with E-state index in [9.17, 15) is 13.2 Å². The van der Waals surface area contributed by atoms with Gasteiger partial charge in [0.05, 0.1) is 11.4 Å². The predicted molar refractivity (Wildman–Crippen MR) is 110 cm³/mol.